The van der Waals surface area contributed by atoms with E-state index < -0.39 is 11.9 Å². The monoisotopic (exact) mass is 349 g/mol. The number of nitrogens with zero attached hydrogens (tertiary/aromatic N) is 6. The van der Waals surface area contributed by atoms with Gasteiger partial charge in [0, 0.05) is 20.6 Å². The topological polar surface area (TPSA) is 97.9 Å². The smallest absolute Gasteiger partial charge is 0.342 e. The van der Waals surface area contributed by atoms with Crippen molar-refractivity contribution >= 4 is 11.9 Å². The summed E-state index contributed by atoms with van der Waals surface area (Å²) < 4.78 is 15.6. The van der Waals surface area contributed by atoms with Crippen LogP contribution >= 0.6 is 0 Å². The van der Waals surface area contributed by atoms with Crippen molar-refractivity contribution in [1.82, 2.24) is 29.2 Å². The Morgan fingerprint density at radius 3 is 2.60 bits per heavy atom. The van der Waals surface area contributed by atoms with Crippen molar-refractivity contribution in [3.05, 3.63) is 34.5 Å². The van der Waals surface area contributed by atoms with Crippen molar-refractivity contribution in [3.8, 4) is 0 Å². The van der Waals surface area contributed by atoms with Gasteiger partial charge in [0.05, 0.1) is 18.9 Å². The molecular weight excluding hydrogens is 329 g/mol. The van der Waals surface area contributed by atoms with Crippen LogP contribution in [0, 0.1) is 5.82 Å². The zero-order valence-electron chi connectivity index (χ0n) is 14.1. The molecule has 2 aromatic rings. The summed E-state index contributed by atoms with van der Waals surface area (Å²) >= 11 is 0. The fraction of sp³-hybridized carbons (Fsp3) is 0.533. The normalized spacial score (nSPS) is 18.3. The second-order valence-electron chi connectivity index (χ2n) is 6.06. The lowest BCUT2D eigenvalue weighted by atomic mass is 10.1. The highest BCUT2D eigenvalue weighted by Gasteiger charge is 2.28. The third-order valence-electron chi connectivity index (χ3n) is 4.25. The number of amides is 1. The third kappa shape index (κ3) is 3.67. The number of rotatable bonds is 4. The molecular formula is C15H20FN7O2. The SMILES string of the molecule is Cn1nc(CN2CCCCC(Nc3ncc(F)cn3)C2=O)n(C)c1=O. The number of likely N-dealkylation sites (tertiary alicyclic amines) is 1. The summed E-state index contributed by atoms with van der Waals surface area (Å²) in [6.45, 7) is 0.847. The highest BCUT2D eigenvalue weighted by molar-refractivity contribution is 5.84. The lowest BCUT2D eigenvalue weighted by molar-refractivity contribution is -0.132. The molecule has 1 aliphatic rings. The molecule has 1 atom stereocenters. The van der Waals surface area contributed by atoms with Crippen LogP contribution in [0.4, 0.5) is 10.3 Å². The molecule has 1 amide bonds. The van der Waals surface area contributed by atoms with Crippen molar-refractivity contribution in [2.75, 3.05) is 11.9 Å². The van der Waals surface area contributed by atoms with Crippen molar-refractivity contribution < 1.29 is 9.18 Å². The molecule has 0 spiro atoms. The van der Waals surface area contributed by atoms with Crippen molar-refractivity contribution in [2.45, 2.75) is 31.8 Å². The molecule has 1 fully saturated rings. The largest absolute Gasteiger partial charge is 0.345 e. The van der Waals surface area contributed by atoms with E-state index in [1.165, 1.54) is 9.25 Å². The van der Waals surface area contributed by atoms with Gasteiger partial charge in [0.1, 0.15) is 6.04 Å². The average molecular weight is 349 g/mol. The molecule has 0 aromatic carbocycles. The van der Waals surface area contributed by atoms with Gasteiger partial charge < -0.3 is 10.2 Å². The van der Waals surface area contributed by atoms with Crippen LogP contribution in [0.2, 0.25) is 0 Å². The van der Waals surface area contributed by atoms with Crippen LogP contribution in [0.5, 0.6) is 0 Å². The Kier molecular flexibility index (Phi) is 4.77. The summed E-state index contributed by atoms with van der Waals surface area (Å²) in [6.07, 6.45) is 4.46. The molecule has 1 unspecified atom stereocenters. The van der Waals surface area contributed by atoms with Crippen LogP contribution in [-0.2, 0) is 25.4 Å². The molecule has 3 heterocycles. The maximum atomic E-state index is 12.9. The van der Waals surface area contributed by atoms with Gasteiger partial charge in [-0.2, -0.15) is 5.10 Å². The second-order valence-corrected chi connectivity index (χ2v) is 6.06. The summed E-state index contributed by atoms with van der Waals surface area (Å²) in [4.78, 5) is 34.0. The Balaban J connectivity index is 1.75. The standard InChI is InChI=1S/C15H20FN7O2/c1-21-12(20-22(2)15(21)25)9-23-6-4-3-5-11(13(23)24)19-14-17-7-10(16)8-18-14/h7-8,11H,3-6,9H2,1-2H3,(H,17,18,19). The average Bonchev–Trinajstić information content (AvgIpc) is 2.74. The number of halogens is 1. The van der Waals surface area contributed by atoms with Gasteiger partial charge in [0.15, 0.2) is 11.6 Å². The molecule has 3 rings (SSSR count). The third-order valence-corrected chi connectivity index (χ3v) is 4.25. The quantitative estimate of drug-likeness (QED) is 0.837. The highest BCUT2D eigenvalue weighted by Crippen LogP contribution is 2.17. The van der Waals surface area contributed by atoms with Gasteiger partial charge in [-0.15, -0.1) is 0 Å². The Labute approximate surface area is 143 Å². The zero-order chi connectivity index (χ0) is 18.0. The van der Waals surface area contributed by atoms with Crippen LogP contribution < -0.4 is 11.0 Å². The Morgan fingerprint density at radius 2 is 1.96 bits per heavy atom. The van der Waals surface area contributed by atoms with Crippen LogP contribution in [0.1, 0.15) is 25.1 Å². The number of nitrogens with one attached hydrogen (secondary N) is 1. The van der Waals surface area contributed by atoms with E-state index in [0.29, 0.717) is 18.8 Å². The number of carbonyl (C=O) groups excluding carboxylic acids is 1. The van der Waals surface area contributed by atoms with Gasteiger partial charge in [-0.3, -0.25) is 9.36 Å². The van der Waals surface area contributed by atoms with Crippen LogP contribution in [0.15, 0.2) is 17.2 Å². The summed E-state index contributed by atoms with van der Waals surface area (Å²) in [5.74, 6) is 0.102. The second kappa shape index (κ2) is 6.99. The Morgan fingerprint density at radius 1 is 1.24 bits per heavy atom. The van der Waals surface area contributed by atoms with Crippen molar-refractivity contribution in [1.29, 1.82) is 0 Å². The molecule has 9 nitrogen and oxygen atoms in total. The van der Waals surface area contributed by atoms with Crippen LogP contribution in [0.25, 0.3) is 0 Å². The van der Waals surface area contributed by atoms with Gasteiger partial charge in [-0.1, -0.05) is 0 Å². The van der Waals surface area contributed by atoms with Gasteiger partial charge in [-0.25, -0.2) is 23.8 Å². The van der Waals surface area contributed by atoms with E-state index in [-0.39, 0.29) is 24.1 Å². The van der Waals surface area contributed by atoms with E-state index in [1.807, 2.05) is 0 Å². The predicted molar refractivity (Wildman–Crippen MR) is 87.1 cm³/mol. The van der Waals surface area contributed by atoms with Gasteiger partial charge >= 0.3 is 5.69 Å². The van der Waals surface area contributed by atoms with Crippen LogP contribution in [0.3, 0.4) is 0 Å². The first-order valence-electron chi connectivity index (χ1n) is 8.07. The molecule has 25 heavy (non-hydrogen) atoms. The van der Waals surface area contributed by atoms with E-state index in [1.54, 1.807) is 19.0 Å². The van der Waals surface area contributed by atoms with Crippen molar-refractivity contribution in [3.63, 3.8) is 0 Å². The number of anilines is 1. The van der Waals surface area contributed by atoms with Crippen LogP contribution in [-0.4, -0.2) is 47.7 Å². The molecule has 1 saturated heterocycles. The lowest BCUT2D eigenvalue weighted by Crippen LogP contribution is -2.42. The van der Waals surface area contributed by atoms with E-state index in [9.17, 15) is 14.0 Å². The molecule has 0 saturated carbocycles. The Bertz CT molecular complexity index is 814. The van der Waals surface area contributed by atoms with E-state index in [2.05, 4.69) is 20.4 Å². The fourth-order valence-corrected chi connectivity index (χ4v) is 2.86. The molecule has 2 aromatic heterocycles. The maximum Gasteiger partial charge on any atom is 0.345 e. The fourth-order valence-electron chi connectivity index (χ4n) is 2.86. The van der Waals surface area contributed by atoms with Gasteiger partial charge in [0.25, 0.3) is 0 Å². The molecule has 1 N–H and O–H groups in total. The molecule has 0 radical (unpaired) electrons. The zero-order valence-corrected chi connectivity index (χ0v) is 14.1. The lowest BCUT2D eigenvalue weighted by Gasteiger charge is -2.24. The van der Waals surface area contributed by atoms with Gasteiger partial charge in [-0.05, 0) is 19.3 Å². The number of aryl methyl sites for hydroxylation is 1. The van der Waals surface area contributed by atoms with E-state index >= 15 is 0 Å². The number of hydrogen-bond donors (Lipinski definition) is 1. The van der Waals surface area contributed by atoms with Gasteiger partial charge in [0.2, 0.25) is 11.9 Å². The predicted octanol–water partition coefficient (Wildman–Crippen LogP) is 0.0411. The first-order chi connectivity index (χ1) is 12.0. The molecule has 0 aliphatic carbocycles. The first kappa shape index (κ1) is 17.1. The van der Waals surface area contributed by atoms with Crippen molar-refractivity contribution in [2.24, 2.45) is 14.1 Å². The molecule has 0 bridgehead atoms. The first-order valence-corrected chi connectivity index (χ1v) is 8.07. The molecule has 1 aliphatic heterocycles. The number of aromatic nitrogens is 5. The summed E-state index contributed by atoms with van der Waals surface area (Å²) in [6, 6.07) is -0.492. The molecule has 134 valence electrons. The van der Waals surface area contributed by atoms with E-state index in [4.69, 9.17) is 0 Å². The summed E-state index contributed by atoms with van der Waals surface area (Å²) in [7, 11) is 3.21. The Hall–Kier alpha value is -2.78. The maximum absolute atomic E-state index is 12.9. The highest BCUT2D eigenvalue weighted by atomic mass is 19.1. The summed E-state index contributed by atoms with van der Waals surface area (Å²) in [5.41, 5.74) is -0.230. The minimum Gasteiger partial charge on any atom is -0.342 e. The summed E-state index contributed by atoms with van der Waals surface area (Å²) in [5, 5.41) is 7.14. The minimum atomic E-state index is -0.532. The van der Waals surface area contributed by atoms with E-state index in [0.717, 1.165) is 25.2 Å². The molecule has 10 heteroatoms. The number of carbonyl (C=O) groups is 1. The number of hydrogen-bond acceptors (Lipinski definition) is 6. The minimum absolute atomic E-state index is 0.108.